The van der Waals surface area contributed by atoms with Crippen molar-refractivity contribution in [1.82, 2.24) is 20.0 Å². The Morgan fingerprint density at radius 3 is 2.57 bits per heavy atom. The van der Waals surface area contributed by atoms with Crippen LogP contribution < -0.4 is 14.8 Å². The first-order valence-electron chi connectivity index (χ1n) is 10.2. The molecule has 0 aliphatic heterocycles. The van der Waals surface area contributed by atoms with Crippen LogP contribution >= 0.6 is 24.0 Å². The fraction of sp³-hybridized carbons (Fsp3) is 0.227. The topological polar surface area (TPSA) is 150 Å². The van der Waals surface area contributed by atoms with E-state index in [1.807, 2.05) is 0 Å². The predicted molar refractivity (Wildman–Crippen MR) is 131 cm³/mol. The van der Waals surface area contributed by atoms with Gasteiger partial charge in [-0.05, 0) is 48.4 Å². The number of imidazole rings is 1. The lowest BCUT2D eigenvalue weighted by molar-refractivity contribution is -0.142. The van der Waals surface area contributed by atoms with Crippen molar-refractivity contribution >= 4 is 45.9 Å². The molecular formula is C22H24Cl2N4O6S. The highest BCUT2D eigenvalue weighted by molar-refractivity contribution is 7.89. The second-order valence-corrected chi connectivity index (χ2v) is 9.46. The third-order valence-electron chi connectivity index (χ3n) is 4.70. The summed E-state index contributed by atoms with van der Waals surface area (Å²) in [5.41, 5.74) is 1.30. The van der Waals surface area contributed by atoms with Gasteiger partial charge < -0.3 is 20.1 Å². The lowest BCUT2D eigenvalue weighted by atomic mass is 10.1. The Hall–Kier alpha value is -3.12. The monoisotopic (exact) mass is 542 g/mol. The number of hydrogen-bond donors (Lipinski definition) is 4. The first-order chi connectivity index (χ1) is 16.2. The minimum absolute atomic E-state index is 0. The fourth-order valence-corrected chi connectivity index (χ4v) is 4.17. The Bertz CT molecular complexity index is 1220. The first-order valence-corrected chi connectivity index (χ1v) is 12.1. The Morgan fingerprint density at radius 1 is 1.17 bits per heavy atom. The number of amides is 1. The van der Waals surface area contributed by atoms with Crippen LogP contribution in [0.25, 0.3) is 0 Å². The molecule has 2 aromatic carbocycles. The number of carbonyl (C=O) groups is 2. The van der Waals surface area contributed by atoms with E-state index in [1.165, 1.54) is 30.6 Å². The summed E-state index contributed by atoms with van der Waals surface area (Å²) in [5, 5.41) is 12.2. The molecule has 1 amide bonds. The van der Waals surface area contributed by atoms with E-state index >= 15 is 0 Å². The van der Waals surface area contributed by atoms with Crippen molar-refractivity contribution in [2.24, 2.45) is 0 Å². The van der Waals surface area contributed by atoms with Crippen LogP contribution in [0.3, 0.4) is 0 Å². The number of aromatic amines is 1. The van der Waals surface area contributed by atoms with Crippen molar-refractivity contribution in [3.8, 4) is 5.75 Å². The van der Waals surface area contributed by atoms with Crippen molar-refractivity contribution < 1.29 is 27.9 Å². The number of ether oxygens (including phenoxy) is 1. The molecule has 10 nitrogen and oxygen atoms in total. The summed E-state index contributed by atoms with van der Waals surface area (Å²) >= 11 is 5.79. The SMILES string of the molecule is Cl.O=C(COc1cccc(CCNS(=O)(=O)c2ccc(Cl)cc2)c1)N[C@@H](Cc1c[nH]cn1)C(=O)O. The van der Waals surface area contributed by atoms with Gasteiger partial charge in [0.15, 0.2) is 6.61 Å². The predicted octanol–water partition coefficient (Wildman–Crippen LogP) is 2.20. The van der Waals surface area contributed by atoms with Gasteiger partial charge in [0.05, 0.1) is 16.9 Å². The normalized spacial score (nSPS) is 11.8. The van der Waals surface area contributed by atoms with Crippen LogP contribution in [0.2, 0.25) is 5.02 Å². The highest BCUT2D eigenvalue weighted by Crippen LogP contribution is 2.15. The van der Waals surface area contributed by atoms with E-state index in [9.17, 15) is 23.1 Å². The number of halogens is 2. The number of hydrogen-bond acceptors (Lipinski definition) is 6. The number of nitrogens with one attached hydrogen (secondary N) is 3. The maximum atomic E-state index is 12.3. The van der Waals surface area contributed by atoms with E-state index in [2.05, 4.69) is 20.0 Å². The quantitative estimate of drug-likeness (QED) is 0.274. The molecule has 0 fully saturated rings. The fourth-order valence-electron chi connectivity index (χ4n) is 3.01. The van der Waals surface area contributed by atoms with Crippen LogP contribution in [0, 0.1) is 0 Å². The third kappa shape index (κ3) is 8.87. The molecule has 1 aromatic heterocycles. The zero-order valence-corrected chi connectivity index (χ0v) is 20.7. The van der Waals surface area contributed by atoms with Crippen molar-refractivity contribution in [3.05, 3.63) is 77.3 Å². The standard InChI is InChI=1S/C22H23ClN4O6S.ClH/c23-16-4-6-19(7-5-16)34(31,32)26-9-8-15-2-1-3-18(10-15)33-13-21(28)27-20(22(29)30)11-17-12-24-14-25-17;/h1-7,10,12,14,20,26H,8-9,11,13H2,(H,24,25)(H,27,28)(H,29,30);1H/t20-;/m0./s1. The average Bonchev–Trinajstić information content (AvgIpc) is 3.31. The van der Waals surface area contributed by atoms with Gasteiger partial charge in [-0.2, -0.15) is 0 Å². The largest absolute Gasteiger partial charge is 0.484 e. The van der Waals surface area contributed by atoms with Crippen LogP contribution in [0.1, 0.15) is 11.3 Å². The van der Waals surface area contributed by atoms with E-state index < -0.39 is 27.9 Å². The average molecular weight is 543 g/mol. The maximum Gasteiger partial charge on any atom is 0.326 e. The van der Waals surface area contributed by atoms with Gasteiger partial charge in [-0.15, -0.1) is 12.4 Å². The van der Waals surface area contributed by atoms with Gasteiger partial charge in [-0.3, -0.25) is 4.79 Å². The molecule has 3 aromatic rings. The molecule has 1 heterocycles. The van der Waals surface area contributed by atoms with E-state index in [4.69, 9.17) is 16.3 Å². The summed E-state index contributed by atoms with van der Waals surface area (Å²) in [7, 11) is -3.66. The van der Waals surface area contributed by atoms with Crippen LogP contribution in [0.4, 0.5) is 0 Å². The molecule has 0 unspecified atom stereocenters. The number of H-pyrrole nitrogens is 1. The second kappa shape index (κ2) is 13.1. The molecule has 35 heavy (non-hydrogen) atoms. The number of nitrogens with zero attached hydrogens (tertiary/aromatic N) is 1. The number of carboxylic acid groups (broad SMARTS) is 1. The highest BCUT2D eigenvalue weighted by Gasteiger charge is 2.21. The number of carboxylic acids is 1. The minimum Gasteiger partial charge on any atom is -0.484 e. The minimum atomic E-state index is -3.66. The summed E-state index contributed by atoms with van der Waals surface area (Å²) in [6, 6.07) is 11.6. The van der Waals surface area contributed by atoms with E-state index in [0.29, 0.717) is 22.9 Å². The van der Waals surface area contributed by atoms with Crippen LogP contribution in [-0.4, -0.2) is 54.6 Å². The van der Waals surface area contributed by atoms with E-state index in [0.717, 1.165) is 5.56 Å². The zero-order valence-electron chi connectivity index (χ0n) is 18.3. The Kier molecular flexibility index (Phi) is 10.5. The smallest absolute Gasteiger partial charge is 0.326 e. The molecule has 0 spiro atoms. The Morgan fingerprint density at radius 2 is 1.91 bits per heavy atom. The lowest BCUT2D eigenvalue weighted by Gasteiger charge is -2.14. The highest BCUT2D eigenvalue weighted by atomic mass is 35.5. The van der Waals surface area contributed by atoms with Gasteiger partial charge in [0.2, 0.25) is 10.0 Å². The van der Waals surface area contributed by atoms with Crippen LogP contribution in [-0.2, 0) is 32.5 Å². The summed E-state index contributed by atoms with van der Waals surface area (Å²) in [5.74, 6) is -1.38. The number of carbonyl (C=O) groups excluding carboxylic acids is 1. The molecule has 0 aliphatic rings. The Labute approximate surface area is 213 Å². The number of aliphatic carboxylic acids is 1. The molecule has 0 radical (unpaired) electrons. The van der Waals surface area contributed by atoms with E-state index in [1.54, 1.807) is 30.5 Å². The molecule has 0 saturated carbocycles. The molecule has 0 saturated heterocycles. The molecule has 0 aliphatic carbocycles. The van der Waals surface area contributed by atoms with Crippen LogP contribution in [0.5, 0.6) is 5.75 Å². The number of aromatic nitrogens is 2. The number of benzene rings is 2. The van der Waals surface area contributed by atoms with Crippen molar-refractivity contribution in [3.63, 3.8) is 0 Å². The lowest BCUT2D eigenvalue weighted by Crippen LogP contribution is -2.44. The molecule has 1 atom stereocenters. The van der Waals surface area contributed by atoms with Gasteiger partial charge >= 0.3 is 5.97 Å². The number of sulfonamides is 1. The van der Waals surface area contributed by atoms with Gasteiger partial charge in [-0.25, -0.2) is 22.9 Å². The van der Waals surface area contributed by atoms with Gasteiger partial charge in [0.1, 0.15) is 11.8 Å². The summed E-state index contributed by atoms with van der Waals surface area (Å²) in [6.45, 7) is -0.223. The molecule has 4 N–H and O–H groups in total. The second-order valence-electron chi connectivity index (χ2n) is 7.26. The number of rotatable bonds is 12. The summed E-state index contributed by atoms with van der Waals surface area (Å²) < 4.78 is 32.7. The first kappa shape index (κ1) is 28.1. The van der Waals surface area contributed by atoms with Crippen molar-refractivity contribution in [1.29, 1.82) is 0 Å². The maximum absolute atomic E-state index is 12.3. The van der Waals surface area contributed by atoms with E-state index in [-0.39, 0.29) is 36.9 Å². The summed E-state index contributed by atoms with van der Waals surface area (Å²) in [4.78, 5) is 30.4. The van der Waals surface area contributed by atoms with Gasteiger partial charge in [0, 0.05) is 24.2 Å². The van der Waals surface area contributed by atoms with Gasteiger partial charge in [-0.1, -0.05) is 23.7 Å². The van der Waals surface area contributed by atoms with Crippen LogP contribution in [0.15, 0.2) is 66.0 Å². The molecule has 13 heteroatoms. The molecule has 0 bridgehead atoms. The molecule has 3 rings (SSSR count). The third-order valence-corrected chi connectivity index (χ3v) is 6.43. The van der Waals surface area contributed by atoms with Crippen molar-refractivity contribution in [2.45, 2.75) is 23.8 Å². The van der Waals surface area contributed by atoms with Crippen molar-refractivity contribution in [2.75, 3.05) is 13.2 Å². The zero-order chi connectivity index (χ0) is 24.6. The van der Waals surface area contributed by atoms with Gasteiger partial charge in [0.25, 0.3) is 5.91 Å². The molecule has 188 valence electrons. The molecular weight excluding hydrogens is 519 g/mol. The Balaban J connectivity index is 0.00000432. The summed E-state index contributed by atoms with van der Waals surface area (Å²) in [6.07, 6.45) is 3.40.